The van der Waals surface area contributed by atoms with Crippen molar-refractivity contribution in [2.45, 2.75) is 52.7 Å². The summed E-state index contributed by atoms with van der Waals surface area (Å²) in [5.74, 6) is -0.973. The maximum absolute atomic E-state index is 13.5. The number of sulfonamides is 1. The van der Waals surface area contributed by atoms with Crippen LogP contribution in [0.4, 0.5) is 11.4 Å². The summed E-state index contributed by atoms with van der Waals surface area (Å²) in [6, 6.07) is 11.5. The second-order valence-corrected chi connectivity index (χ2v) is 10.4. The van der Waals surface area contributed by atoms with E-state index in [1.54, 1.807) is 6.92 Å². The van der Waals surface area contributed by atoms with Gasteiger partial charge in [-0.25, -0.2) is 8.42 Å². The van der Waals surface area contributed by atoms with Crippen molar-refractivity contribution in [3.8, 4) is 0 Å². The van der Waals surface area contributed by atoms with Crippen LogP contribution in [-0.4, -0.2) is 54.9 Å². The molecule has 1 N–H and O–H groups in total. The van der Waals surface area contributed by atoms with Gasteiger partial charge in [0, 0.05) is 24.7 Å². The molecule has 0 saturated carbocycles. The molecule has 2 rings (SSSR count). The standard InChI is InChI=1S/C24H32N4O6S/c1-6-18(3)25-24(30)19(4)26(15-20-11-8-7-10-17(20)2)23(29)16-27(35(5,33)34)21-12-9-13-22(14-21)28(31)32/h7-14,18-19H,6,15-16H2,1-5H3,(H,25,30). The molecule has 0 heterocycles. The van der Waals surface area contributed by atoms with Crippen molar-refractivity contribution in [1.82, 2.24) is 10.2 Å². The molecule has 11 heteroatoms. The summed E-state index contributed by atoms with van der Waals surface area (Å²) in [6.07, 6.45) is 1.63. The lowest BCUT2D eigenvalue weighted by Crippen LogP contribution is -2.52. The first-order chi connectivity index (χ1) is 16.3. The lowest BCUT2D eigenvalue weighted by atomic mass is 10.1. The Morgan fingerprint density at radius 1 is 1.11 bits per heavy atom. The zero-order chi connectivity index (χ0) is 26.3. The molecule has 0 aliphatic rings. The van der Waals surface area contributed by atoms with Crippen LogP contribution in [0, 0.1) is 17.0 Å². The van der Waals surface area contributed by atoms with Gasteiger partial charge in [-0.3, -0.25) is 24.0 Å². The van der Waals surface area contributed by atoms with Crippen LogP contribution in [0.5, 0.6) is 0 Å². The van der Waals surface area contributed by atoms with E-state index in [0.29, 0.717) is 6.42 Å². The fourth-order valence-corrected chi connectivity index (χ4v) is 4.24. The molecule has 0 aliphatic carbocycles. The third-order valence-electron chi connectivity index (χ3n) is 5.78. The first-order valence-corrected chi connectivity index (χ1v) is 13.1. The molecule has 2 atom stereocenters. The summed E-state index contributed by atoms with van der Waals surface area (Å²) in [5, 5.41) is 14.0. The molecule has 10 nitrogen and oxygen atoms in total. The number of hydrogen-bond donors (Lipinski definition) is 1. The molecule has 2 amide bonds. The maximum Gasteiger partial charge on any atom is 0.271 e. The van der Waals surface area contributed by atoms with E-state index >= 15 is 0 Å². The van der Waals surface area contributed by atoms with E-state index in [0.717, 1.165) is 27.8 Å². The number of rotatable bonds is 11. The van der Waals surface area contributed by atoms with Gasteiger partial charge in [0.1, 0.15) is 12.6 Å². The van der Waals surface area contributed by atoms with Crippen molar-refractivity contribution >= 4 is 33.2 Å². The molecule has 35 heavy (non-hydrogen) atoms. The van der Waals surface area contributed by atoms with Crippen molar-refractivity contribution in [3.63, 3.8) is 0 Å². The lowest BCUT2D eigenvalue weighted by molar-refractivity contribution is -0.384. The molecule has 0 aromatic heterocycles. The quantitative estimate of drug-likeness (QED) is 0.370. The molecule has 190 valence electrons. The number of non-ortho nitro benzene ring substituents is 1. The average molecular weight is 505 g/mol. The van der Waals surface area contributed by atoms with Gasteiger partial charge < -0.3 is 10.2 Å². The van der Waals surface area contributed by atoms with Gasteiger partial charge in [-0.05, 0) is 44.4 Å². The van der Waals surface area contributed by atoms with Crippen LogP contribution in [0.1, 0.15) is 38.3 Å². The lowest BCUT2D eigenvalue weighted by Gasteiger charge is -2.32. The zero-order valence-electron chi connectivity index (χ0n) is 20.6. The number of nitro groups is 1. The molecule has 0 spiro atoms. The Morgan fingerprint density at radius 2 is 1.77 bits per heavy atom. The number of anilines is 1. The molecule has 0 radical (unpaired) electrons. The number of carbonyl (C=O) groups excluding carboxylic acids is 2. The van der Waals surface area contributed by atoms with Gasteiger partial charge in [-0.1, -0.05) is 37.3 Å². The van der Waals surface area contributed by atoms with E-state index in [-0.39, 0.29) is 29.9 Å². The zero-order valence-corrected chi connectivity index (χ0v) is 21.4. The maximum atomic E-state index is 13.5. The van der Waals surface area contributed by atoms with E-state index in [2.05, 4.69) is 5.32 Å². The minimum Gasteiger partial charge on any atom is -0.352 e. The van der Waals surface area contributed by atoms with Crippen molar-refractivity contribution in [3.05, 3.63) is 69.8 Å². The molecular formula is C24H32N4O6S. The third-order valence-corrected chi connectivity index (χ3v) is 6.92. The van der Waals surface area contributed by atoms with Crippen LogP contribution in [-0.2, 0) is 26.2 Å². The molecule has 0 fully saturated rings. The number of carbonyl (C=O) groups is 2. The highest BCUT2D eigenvalue weighted by Crippen LogP contribution is 2.24. The summed E-state index contributed by atoms with van der Waals surface area (Å²) in [6.45, 7) is 6.72. The highest BCUT2D eigenvalue weighted by Gasteiger charge is 2.31. The molecule has 0 aliphatic heterocycles. The first kappa shape index (κ1) is 27.8. The molecule has 2 unspecified atom stereocenters. The number of nitro benzene ring substituents is 1. The Kier molecular flexibility index (Phi) is 9.35. The molecule has 2 aromatic carbocycles. The highest BCUT2D eigenvalue weighted by molar-refractivity contribution is 7.92. The first-order valence-electron chi connectivity index (χ1n) is 11.2. The van der Waals surface area contributed by atoms with Crippen molar-refractivity contribution in [1.29, 1.82) is 0 Å². The van der Waals surface area contributed by atoms with E-state index in [1.165, 1.54) is 23.1 Å². The van der Waals surface area contributed by atoms with Crippen LogP contribution in [0.25, 0.3) is 0 Å². The van der Waals surface area contributed by atoms with E-state index in [1.807, 2.05) is 45.0 Å². The summed E-state index contributed by atoms with van der Waals surface area (Å²) in [5.41, 5.74) is 1.41. The Morgan fingerprint density at radius 3 is 2.34 bits per heavy atom. The number of nitrogens with zero attached hydrogens (tertiary/aromatic N) is 3. The van der Waals surface area contributed by atoms with Gasteiger partial charge >= 0.3 is 0 Å². The van der Waals surface area contributed by atoms with Gasteiger partial charge in [0.2, 0.25) is 21.8 Å². The summed E-state index contributed by atoms with van der Waals surface area (Å²) < 4.78 is 26.0. The van der Waals surface area contributed by atoms with Crippen LogP contribution in [0.15, 0.2) is 48.5 Å². The third kappa shape index (κ3) is 7.51. The Balaban J connectivity index is 2.44. The largest absolute Gasteiger partial charge is 0.352 e. The van der Waals surface area contributed by atoms with Gasteiger partial charge in [-0.2, -0.15) is 0 Å². The van der Waals surface area contributed by atoms with Crippen LogP contribution >= 0.6 is 0 Å². The number of amides is 2. The summed E-state index contributed by atoms with van der Waals surface area (Å²) in [4.78, 5) is 38.3. The number of hydrogen-bond acceptors (Lipinski definition) is 6. The second kappa shape index (κ2) is 11.8. The van der Waals surface area contributed by atoms with Crippen molar-refractivity contribution in [2.75, 3.05) is 17.1 Å². The Bertz CT molecular complexity index is 1180. The predicted octanol–water partition coefficient (Wildman–Crippen LogP) is 3.00. The van der Waals surface area contributed by atoms with Crippen LogP contribution < -0.4 is 9.62 Å². The van der Waals surface area contributed by atoms with Gasteiger partial charge in [0.05, 0.1) is 16.9 Å². The SMILES string of the molecule is CCC(C)NC(=O)C(C)N(Cc1ccccc1C)C(=O)CN(c1cccc([N+](=O)[O-])c1)S(C)(=O)=O. The van der Waals surface area contributed by atoms with E-state index in [4.69, 9.17) is 0 Å². The highest BCUT2D eigenvalue weighted by atomic mass is 32.2. The van der Waals surface area contributed by atoms with Crippen molar-refractivity contribution in [2.24, 2.45) is 0 Å². The van der Waals surface area contributed by atoms with Gasteiger partial charge in [-0.15, -0.1) is 0 Å². The molecule has 0 bridgehead atoms. The Hall–Kier alpha value is -3.47. The topological polar surface area (TPSA) is 130 Å². The second-order valence-electron chi connectivity index (χ2n) is 8.49. The van der Waals surface area contributed by atoms with E-state index < -0.39 is 33.4 Å². The summed E-state index contributed by atoms with van der Waals surface area (Å²) >= 11 is 0. The molecule has 0 saturated heterocycles. The predicted molar refractivity (Wildman–Crippen MR) is 134 cm³/mol. The monoisotopic (exact) mass is 504 g/mol. The number of aryl methyl sites for hydroxylation is 1. The Labute approximate surface area is 206 Å². The smallest absolute Gasteiger partial charge is 0.271 e. The number of benzene rings is 2. The normalized spacial score (nSPS) is 12.9. The van der Waals surface area contributed by atoms with E-state index in [9.17, 15) is 28.1 Å². The van der Waals surface area contributed by atoms with Crippen molar-refractivity contribution < 1.29 is 22.9 Å². The summed E-state index contributed by atoms with van der Waals surface area (Å²) in [7, 11) is -3.98. The molecular weight excluding hydrogens is 472 g/mol. The van der Waals surface area contributed by atoms with Gasteiger partial charge in [0.25, 0.3) is 5.69 Å². The fourth-order valence-electron chi connectivity index (χ4n) is 3.39. The van der Waals surface area contributed by atoms with Crippen LogP contribution in [0.3, 0.4) is 0 Å². The van der Waals surface area contributed by atoms with Crippen LogP contribution in [0.2, 0.25) is 0 Å². The minimum atomic E-state index is -3.98. The fraction of sp³-hybridized carbons (Fsp3) is 0.417. The average Bonchev–Trinajstić information content (AvgIpc) is 2.80. The number of nitrogens with one attached hydrogen (secondary N) is 1. The van der Waals surface area contributed by atoms with Gasteiger partial charge in [0.15, 0.2) is 0 Å². The minimum absolute atomic E-state index is 0.0115. The molecule has 2 aromatic rings.